The molecule has 0 aromatic carbocycles. The lowest BCUT2D eigenvalue weighted by molar-refractivity contribution is -0.144. The second-order valence-corrected chi connectivity index (χ2v) is 12.9. The van der Waals surface area contributed by atoms with Crippen LogP contribution < -0.4 is 0 Å². The van der Waals surface area contributed by atoms with E-state index >= 15 is 0 Å². The summed E-state index contributed by atoms with van der Waals surface area (Å²) in [4.78, 5) is 30.4. The molecule has 4 bridgehead atoms. The highest BCUT2D eigenvalue weighted by Crippen LogP contribution is 2.65. The molecule has 2 amide bonds. The van der Waals surface area contributed by atoms with Gasteiger partial charge in [-0.3, -0.25) is 9.59 Å². The van der Waals surface area contributed by atoms with Gasteiger partial charge in [0, 0.05) is 42.8 Å². The van der Waals surface area contributed by atoms with Gasteiger partial charge in [0.2, 0.25) is 11.8 Å². The molecule has 2 unspecified atom stereocenters. The van der Waals surface area contributed by atoms with E-state index in [0.717, 1.165) is 70.1 Å². The van der Waals surface area contributed by atoms with Gasteiger partial charge in [0.1, 0.15) is 0 Å². The SMILES string of the molecule is O=C(CC12CC3CC(CC(Br)(C3)C1)C2)N1CCC(C(=O)N2CCCCCC2)CC1. The zero-order chi connectivity index (χ0) is 20.1. The number of carbonyl (C=O) groups excluding carboxylic acids is 2. The molecule has 6 fully saturated rings. The largest absolute Gasteiger partial charge is 0.343 e. The molecule has 6 rings (SSSR count). The summed E-state index contributed by atoms with van der Waals surface area (Å²) in [6.45, 7) is 3.45. The van der Waals surface area contributed by atoms with E-state index in [1.165, 1.54) is 51.4 Å². The number of carbonyl (C=O) groups is 2. The van der Waals surface area contributed by atoms with Crippen molar-refractivity contribution in [2.45, 2.75) is 87.8 Å². The van der Waals surface area contributed by atoms with Crippen LogP contribution in [0.2, 0.25) is 0 Å². The quantitative estimate of drug-likeness (QED) is 0.565. The van der Waals surface area contributed by atoms with Gasteiger partial charge in [-0.05, 0) is 81.5 Å². The highest BCUT2D eigenvalue weighted by molar-refractivity contribution is 9.10. The minimum absolute atomic E-state index is 0.141. The molecule has 2 saturated heterocycles. The van der Waals surface area contributed by atoms with E-state index in [-0.39, 0.29) is 11.3 Å². The van der Waals surface area contributed by atoms with Crippen molar-refractivity contribution in [3.63, 3.8) is 0 Å². The van der Waals surface area contributed by atoms with Crippen molar-refractivity contribution in [2.75, 3.05) is 26.2 Å². The number of alkyl halides is 1. The number of likely N-dealkylation sites (tertiary alicyclic amines) is 2. The van der Waals surface area contributed by atoms with Crippen LogP contribution in [0, 0.1) is 23.2 Å². The smallest absolute Gasteiger partial charge is 0.225 e. The Balaban J connectivity index is 1.15. The van der Waals surface area contributed by atoms with Crippen molar-refractivity contribution in [2.24, 2.45) is 23.2 Å². The molecule has 0 N–H and O–H groups in total. The van der Waals surface area contributed by atoms with Gasteiger partial charge >= 0.3 is 0 Å². The van der Waals surface area contributed by atoms with Crippen molar-refractivity contribution < 1.29 is 9.59 Å². The van der Waals surface area contributed by atoms with Crippen LogP contribution in [0.1, 0.15) is 83.5 Å². The Labute approximate surface area is 184 Å². The Bertz CT molecular complexity index is 635. The molecule has 162 valence electrons. The molecular formula is C24H37BrN2O2. The number of amides is 2. The van der Waals surface area contributed by atoms with Crippen LogP contribution in [0.3, 0.4) is 0 Å². The highest BCUT2D eigenvalue weighted by Gasteiger charge is 2.57. The summed E-state index contributed by atoms with van der Waals surface area (Å²) in [6.07, 6.45) is 15.1. The molecule has 4 saturated carbocycles. The molecule has 0 aromatic rings. The first-order chi connectivity index (χ1) is 13.9. The van der Waals surface area contributed by atoms with Gasteiger partial charge in [-0.25, -0.2) is 0 Å². The molecule has 4 aliphatic carbocycles. The number of piperidine rings is 1. The van der Waals surface area contributed by atoms with Gasteiger partial charge in [-0.2, -0.15) is 0 Å². The van der Waals surface area contributed by atoms with Crippen molar-refractivity contribution in [3.8, 4) is 0 Å². The van der Waals surface area contributed by atoms with Crippen molar-refractivity contribution in [3.05, 3.63) is 0 Å². The van der Waals surface area contributed by atoms with Crippen molar-refractivity contribution in [1.82, 2.24) is 9.80 Å². The second kappa shape index (κ2) is 7.84. The molecule has 6 aliphatic rings. The zero-order valence-corrected chi connectivity index (χ0v) is 19.4. The average Bonchev–Trinajstić information content (AvgIpc) is 2.94. The molecule has 2 aliphatic heterocycles. The Hall–Kier alpha value is -0.580. The van der Waals surface area contributed by atoms with Crippen molar-refractivity contribution >= 4 is 27.7 Å². The van der Waals surface area contributed by atoms with Crippen LogP contribution in [-0.4, -0.2) is 52.1 Å². The Kier molecular flexibility index (Phi) is 5.49. The van der Waals surface area contributed by atoms with Crippen LogP contribution >= 0.6 is 15.9 Å². The molecule has 29 heavy (non-hydrogen) atoms. The lowest BCUT2D eigenvalue weighted by Gasteiger charge is -2.60. The predicted octanol–water partition coefficient (Wildman–Crippen LogP) is 4.75. The van der Waals surface area contributed by atoms with Crippen LogP contribution in [0.4, 0.5) is 0 Å². The summed E-state index contributed by atoms with van der Waals surface area (Å²) in [5.74, 6) is 2.54. The summed E-state index contributed by atoms with van der Waals surface area (Å²) < 4.78 is 0.323. The lowest BCUT2D eigenvalue weighted by atomic mass is 9.48. The third kappa shape index (κ3) is 4.14. The fourth-order valence-electron chi connectivity index (χ4n) is 7.90. The number of rotatable bonds is 3. The van der Waals surface area contributed by atoms with E-state index in [0.29, 0.717) is 16.1 Å². The fraction of sp³-hybridized carbons (Fsp3) is 0.917. The summed E-state index contributed by atoms with van der Waals surface area (Å²) in [5, 5.41) is 0. The summed E-state index contributed by atoms with van der Waals surface area (Å²) in [7, 11) is 0. The van der Waals surface area contributed by atoms with E-state index in [4.69, 9.17) is 0 Å². The van der Waals surface area contributed by atoms with Gasteiger partial charge in [0.25, 0.3) is 0 Å². The zero-order valence-electron chi connectivity index (χ0n) is 17.8. The normalized spacial score (nSPS) is 40.2. The first kappa shape index (κ1) is 20.3. The van der Waals surface area contributed by atoms with Crippen LogP contribution in [-0.2, 0) is 9.59 Å². The van der Waals surface area contributed by atoms with E-state index < -0.39 is 0 Å². The molecule has 2 atom stereocenters. The summed E-state index contributed by atoms with van der Waals surface area (Å²) in [6, 6.07) is 0. The number of hydrogen-bond donors (Lipinski definition) is 0. The monoisotopic (exact) mass is 464 g/mol. The summed E-state index contributed by atoms with van der Waals surface area (Å²) >= 11 is 4.08. The van der Waals surface area contributed by atoms with Crippen LogP contribution in [0.25, 0.3) is 0 Å². The first-order valence-corrected chi connectivity index (χ1v) is 13.0. The molecule has 5 heteroatoms. The topological polar surface area (TPSA) is 40.6 Å². The van der Waals surface area contributed by atoms with Gasteiger partial charge in [0.05, 0.1) is 0 Å². The standard InChI is InChI=1S/C24H37BrN2O2/c25-24-14-18-11-19(15-24)13-23(12-18,17-24)16-21(28)26-9-5-20(6-10-26)22(29)27-7-3-1-2-4-8-27/h18-20H,1-17H2. The Morgan fingerprint density at radius 2 is 1.45 bits per heavy atom. The van der Waals surface area contributed by atoms with Gasteiger partial charge in [-0.1, -0.05) is 28.8 Å². The summed E-state index contributed by atoms with van der Waals surface area (Å²) in [5.41, 5.74) is 0.253. The average molecular weight is 465 g/mol. The maximum atomic E-state index is 13.2. The minimum atomic E-state index is 0.141. The Morgan fingerprint density at radius 3 is 2.03 bits per heavy atom. The third-order valence-corrected chi connectivity index (χ3v) is 9.68. The van der Waals surface area contributed by atoms with Gasteiger partial charge in [0.15, 0.2) is 0 Å². The van der Waals surface area contributed by atoms with Crippen molar-refractivity contribution in [1.29, 1.82) is 0 Å². The molecule has 4 nitrogen and oxygen atoms in total. The molecular weight excluding hydrogens is 428 g/mol. The number of nitrogens with zero attached hydrogens (tertiary/aromatic N) is 2. The molecule has 0 spiro atoms. The molecule has 0 aromatic heterocycles. The predicted molar refractivity (Wildman–Crippen MR) is 118 cm³/mol. The van der Waals surface area contributed by atoms with Crippen LogP contribution in [0.5, 0.6) is 0 Å². The van der Waals surface area contributed by atoms with Gasteiger partial charge < -0.3 is 9.80 Å². The fourth-order valence-corrected chi connectivity index (χ4v) is 9.41. The number of hydrogen-bond acceptors (Lipinski definition) is 2. The van der Waals surface area contributed by atoms with Gasteiger partial charge in [-0.15, -0.1) is 0 Å². The molecule has 0 radical (unpaired) electrons. The maximum Gasteiger partial charge on any atom is 0.225 e. The maximum absolute atomic E-state index is 13.2. The first-order valence-electron chi connectivity index (χ1n) is 12.2. The van der Waals surface area contributed by atoms with E-state index in [9.17, 15) is 9.59 Å². The number of halogens is 1. The van der Waals surface area contributed by atoms with E-state index in [1.54, 1.807) is 0 Å². The Morgan fingerprint density at radius 1 is 0.828 bits per heavy atom. The highest BCUT2D eigenvalue weighted by atomic mass is 79.9. The second-order valence-electron chi connectivity index (χ2n) is 11.2. The lowest BCUT2D eigenvalue weighted by Crippen LogP contribution is -2.54. The third-order valence-electron chi connectivity index (χ3n) is 8.75. The van der Waals surface area contributed by atoms with E-state index in [1.807, 2.05) is 0 Å². The minimum Gasteiger partial charge on any atom is -0.343 e. The van der Waals surface area contributed by atoms with Crippen LogP contribution in [0.15, 0.2) is 0 Å². The molecule has 2 heterocycles. The van der Waals surface area contributed by atoms with E-state index in [2.05, 4.69) is 25.7 Å².